The Hall–Kier alpha value is -7.70. The Morgan fingerprint density at radius 2 is 0.732 bits per heavy atom. The lowest BCUT2D eigenvalue weighted by Crippen LogP contribution is -2.13. The van der Waals surface area contributed by atoms with Gasteiger partial charge >= 0.3 is 0 Å². The molecule has 5 heteroatoms. The van der Waals surface area contributed by atoms with Gasteiger partial charge in [-0.2, -0.15) is 0 Å². The van der Waals surface area contributed by atoms with Crippen LogP contribution in [-0.4, -0.2) is 4.57 Å². The number of rotatable bonds is 7. The highest BCUT2D eigenvalue weighted by molar-refractivity contribution is 7.26. The number of para-hydroxylation sites is 1. The molecule has 71 heavy (non-hydrogen) atoms. The first-order chi connectivity index (χ1) is 34.4. The van der Waals surface area contributed by atoms with Crippen molar-refractivity contribution in [2.75, 3.05) is 9.80 Å². The van der Waals surface area contributed by atoms with Gasteiger partial charge in [-0.1, -0.05) is 145 Å². The summed E-state index contributed by atoms with van der Waals surface area (Å²) in [7, 11) is 0. The van der Waals surface area contributed by atoms with Crippen LogP contribution in [0.25, 0.3) is 78.6 Å². The van der Waals surface area contributed by atoms with E-state index in [1.54, 1.807) is 0 Å². The molecule has 0 saturated heterocycles. The average molecular weight is 952 g/mol. The Morgan fingerprint density at radius 3 is 1.27 bits per heavy atom. The number of nitrogens with zero attached hydrogens (tertiary/aromatic N) is 3. The van der Waals surface area contributed by atoms with E-state index in [1.165, 1.54) is 78.5 Å². The molecule has 10 aromatic carbocycles. The molecule has 0 radical (unpaired) electrons. The van der Waals surface area contributed by atoms with Crippen LogP contribution in [-0.2, 0) is 10.8 Å². The van der Waals surface area contributed by atoms with Crippen molar-refractivity contribution < 1.29 is 0 Å². The molecule has 13 rings (SSSR count). The van der Waals surface area contributed by atoms with E-state index < -0.39 is 0 Å². The summed E-state index contributed by atoms with van der Waals surface area (Å²) in [6.45, 7) is 13.7. The topological polar surface area (TPSA) is 11.4 Å². The fraction of sp³-hybridized carbons (Fsp3) is 0.121. The molecule has 0 aliphatic heterocycles. The normalized spacial score (nSPS) is 12.4. The van der Waals surface area contributed by atoms with Gasteiger partial charge in [-0.15, -0.1) is 22.7 Å². The van der Waals surface area contributed by atoms with Crippen molar-refractivity contribution in [3.63, 3.8) is 0 Å². The highest BCUT2D eigenvalue weighted by Gasteiger charge is 2.23. The van der Waals surface area contributed by atoms with E-state index in [4.69, 9.17) is 0 Å². The lowest BCUT2D eigenvalue weighted by atomic mass is 9.87. The van der Waals surface area contributed by atoms with Crippen molar-refractivity contribution in [2.24, 2.45) is 0 Å². The second-order valence-electron chi connectivity index (χ2n) is 21.1. The van der Waals surface area contributed by atoms with Crippen molar-refractivity contribution >= 4 is 130 Å². The number of anilines is 6. The highest BCUT2D eigenvalue weighted by atomic mass is 32.1. The Morgan fingerprint density at radius 1 is 0.310 bits per heavy atom. The molecular weight excluding hydrogens is 899 g/mol. The van der Waals surface area contributed by atoms with Crippen LogP contribution in [0.15, 0.2) is 212 Å². The van der Waals surface area contributed by atoms with E-state index in [1.807, 2.05) is 22.7 Å². The maximum absolute atomic E-state index is 2.47. The molecule has 0 unspecified atom stereocenters. The second-order valence-corrected chi connectivity index (χ2v) is 23.3. The molecule has 0 amide bonds. The molecule has 0 N–H and O–H groups in total. The van der Waals surface area contributed by atoms with Crippen molar-refractivity contribution in [1.29, 1.82) is 0 Å². The summed E-state index contributed by atoms with van der Waals surface area (Å²) in [5.74, 6) is 0. The van der Waals surface area contributed by atoms with Crippen LogP contribution < -0.4 is 9.80 Å². The van der Waals surface area contributed by atoms with Crippen molar-refractivity contribution in [3.05, 3.63) is 223 Å². The van der Waals surface area contributed by atoms with Crippen LogP contribution in [0.4, 0.5) is 34.1 Å². The van der Waals surface area contributed by atoms with Crippen molar-refractivity contribution in [1.82, 2.24) is 4.57 Å². The van der Waals surface area contributed by atoms with E-state index in [0.29, 0.717) is 0 Å². The Labute approximate surface area is 423 Å². The molecule has 0 fully saturated rings. The molecule has 3 heterocycles. The second kappa shape index (κ2) is 16.4. The zero-order valence-electron chi connectivity index (χ0n) is 40.9. The van der Waals surface area contributed by atoms with E-state index >= 15 is 0 Å². The van der Waals surface area contributed by atoms with Crippen molar-refractivity contribution in [2.45, 2.75) is 52.4 Å². The van der Waals surface area contributed by atoms with Gasteiger partial charge in [0.25, 0.3) is 0 Å². The average Bonchev–Trinajstić information content (AvgIpc) is 4.04. The molecule has 0 aliphatic carbocycles. The van der Waals surface area contributed by atoms with Gasteiger partial charge < -0.3 is 14.4 Å². The molecule has 0 saturated carbocycles. The molecule has 0 atom stereocenters. The number of thiophene rings is 2. The standard InChI is InChI=1S/C66H53N3S2/c1-65(2,3)44-21-26-47(27-22-44)67(51-31-34-56-54-16-10-12-18-61(54)70-63(56)40-51)49-25-20-42-37-58-53-33-30-50(39-60(53)69(46-14-8-7-9-15-46)59(58)38-43(42)36-49)68(48-28-23-45(24-29-48)66(4,5)6)52-32-35-57-55-17-11-13-19-62(55)71-64(57)41-52/h7-41H,1-6H3. The number of hydrogen-bond acceptors (Lipinski definition) is 4. The van der Waals surface area contributed by atoms with Gasteiger partial charge in [0, 0.05) is 90.9 Å². The predicted octanol–water partition coefficient (Wildman–Crippen LogP) is 20.2. The summed E-state index contributed by atoms with van der Waals surface area (Å²) in [4.78, 5) is 4.86. The van der Waals surface area contributed by atoms with Crippen LogP contribution in [0.5, 0.6) is 0 Å². The first-order valence-corrected chi connectivity index (χ1v) is 26.3. The highest BCUT2D eigenvalue weighted by Crippen LogP contribution is 2.46. The van der Waals surface area contributed by atoms with Gasteiger partial charge in [-0.05, 0) is 142 Å². The monoisotopic (exact) mass is 951 g/mol. The summed E-state index contributed by atoms with van der Waals surface area (Å²) in [6, 6.07) is 79.5. The van der Waals surface area contributed by atoms with Crippen LogP contribution in [0, 0.1) is 0 Å². The van der Waals surface area contributed by atoms with E-state index in [9.17, 15) is 0 Å². The summed E-state index contributed by atoms with van der Waals surface area (Å²) < 4.78 is 7.66. The molecule has 13 aromatic rings. The molecule has 3 nitrogen and oxygen atoms in total. The molecule has 0 bridgehead atoms. The predicted molar refractivity (Wildman–Crippen MR) is 311 cm³/mol. The molecule has 0 spiro atoms. The third-order valence-corrected chi connectivity index (χ3v) is 16.7. The van der Waals surface area contributed by atoms with Crippen LogP contribution in [0.2, 0.25) is 0 Å². The third-order valence-electron chi connectivity index (χ3n) is 14.4. The first-order valence-electron chi connectivity index (χ1n) is 24.6. The van der Waals surface area contributed by atoms with Crippen LogP contribution >= 0.6 is 22.7 Å². The lowest BCUT2D eigenvalue weighted by molar-refractivity contribution is 0.590. The van der Waals surface area contributed by atoms with Gasteiger partial charge in [-0.3, -0.25) is 0 Å². The summed E-state index contributed by atoms with van der Waals surface area (Å²) in [6.07, 6.45) is 0. The van der Waals surface area contributed by atoms with E-state index in [2.05, 4.69) is 268 Å². The smallest absolute Gasteiger partial charge is 0.0561 e. The maximum Gasteiger partial charge on any atom is 0.0561 e. The molecular formula is C66H53N3S2. The van der Waals surface area contributed by atoms with Crippen LogP contribution in [0.1, 0.15) is 52.7 Å². The number of aromatic nitrogens is 1. The minimum atomic E-state index is 0.0448. The number of benzene rings is 10. The van der Waals surface area contributed by atoms with Crippen molar-refractivity contribution in [3.8, 4) is 5.69 Å². The summed E-state index contributed by atoms with van der Waals surface area (Å²) in [5.41, 5.74) is 13.0. The van der Waals surface area contributed by atoms with E-state index in [0.717, 1.165) is 45.3 Å². The first kappa shape index (κ1) is 43.3. The lowest BCUT2D eigenvalue weighted by Gasteiger charge is -2.27. The zero-order valence-corrected chi connectivity index (χ0v) is 42.5. The minimum absolute atomic E-state index is 0.0448. The molecule has 0 aliphatic rings. The molecule has 344 valence electrons. The summed E-state index contributed by atoms with van der Waals surface area (Å²) in [5, 5.41) is 10.1. The Bertz CT molecular complexity index is 4180. The van der Waals surface area contributed by atoms with E-state index in [-0.39, 0.29) is 10.8 Å². The Kier molecular flexibility index (Phi) is 10.0. The van der Waals surface area contributed by atoms with Gasteiger partial charge in [-0.25, -0.2) is 0 Å². The SMILES string of the molecule is CC(C)(C)c1ccc(N(c2ccc3cc4c5ccc(N(c6ccc(C(C)(C)C)cc6)c6ccc7c(c6)sc6ccccc67)cc5n(-c5ccccc5)c4cc3c2)c2ccc3c(c2)sc2ccccc23)cc1. The molecule has 3 aromatic heterocycles. The van der Waals surface area contributed by atoms with Gasteiger partial charge in [0.15, 0.2) is 0 Å². The third kappa shape index (κ3) is 7.46. The van der Waals surface area contributed by atoms with Crippen LogP contribution in [0.3, 0.4) is 0 Å². The largest absolute Gasteiger partial charge is 0.310 e. The van der Waals surface area contributed by atoms with Gasteiger partial charge in [0.05, 0.1) is 11.0 Å². The van der Waals surface area contributed by atoms with Gasteiger partial charge in [0.1, 0.15) is 0 Å². The summed E-state index contributed by atoms with van der Waals surface area (Å²) >= 11 is 3.73. The quantitative estimate of drug-likeness (QED) is 0.158. The minimum Gasteiger partial charge on any atom is -0.310 e. The zero-order chi connectivity index (χ0) is 48.2. The maximum atomic E-state index is 2.47. The fourth-order valence-corrected chi connectivity index (χ4v) is 13.0. The van der Waals surface area contributed by atoms with Gasteiger partial charge in [0.2, 0.25) is 0 Å². The fourth-order valence-electron chi connectivity index (χ4n) is 10.7. The Balaban J connectivity index is 0.994. The number of fused-ring (bicyclic) bond motifs is 10. The number of hydrogen-bond donors (Lipinski definition) is 0.